The number of carbonyl (C=O) groups excluding carboxylic acids is 1. The molecule has 0 bridgehead atoms. The minimum absolute atomic E-state index is 0.0768. The second kappa shape index (κ2) is 6.20. The van der Waals surface area contributed by atoms with Gasteiger partial charge >= 0.3 is 0 Å². The normalized spacial score (nSPS) is 13.4. The van der Waals surface area contributed by atoms with E-state index < -0.39 is 0 Å². The third-order valence-electron chi connectivity index (χ3n) is 3.65. The van der Waals surface area contributed by atoms with Crippen LogP contribution in [0.1, 0.15) is 27.2 Å². The van der Waals surface area contributed by atoms with Crippen molar-refractivity contribution in [2.45, 2.75) is 19.4 Å². The molecule has 1 aliphatic heterocycles. The minimum Gasteiger partial charge on any atom is -0.385 e. The van der Waals surface area contributed by atoms with Crippen LogP contribution in [0, 0.1) is 0 Å². The number of aryl methyl sites for hydroxylation is 1. The summed E-state index contributed by atoms with van der Waals surface area (Å²) in [4.78, 5) is 15.5. The Morgan fingerprint density at radius 3 is 3.05 bits per heavy atom. The van der Waals surface area contributed by atoms with Gasteiger partial charge in [-0.05, 0) is 58.6 Å². The van der Waals surface area contributed by atoms with Gasteiger partial charge in [-0.1, -0.05) is 0 Å². The van der Waals surface area contributed by atoms with Crippen LogP contribution in [0.5, 0.6) is 0 Å². The Bertz CT molecular complexity index is 668. The first-order chi connectivity index (χ1) is 10.1. The Kier molecular flexibility index (Phi) is 4.31. The highest BCUT2D eigenvalue weighted by Gasteiger charge is 2.16. The molecule has 0 saturated carbocycles. The summed E-state index contributed by atoms with van der Waals surface area (Å²) in [6, 6.07) is 8.04. The lowest BCUT2D eigenvalue weighted by molar-refractivity contribution is 0.0786. The third-order valence-corrected chi connectivity index (χ3v) is 5.33. The van der Waals surface area contributed by atoms with Gasteiger partial charge in [-0.25, -0.2) is 0 Å². The van der Waals surface area contributed by atoms with Crippen LogP contribution >= 0.6 is 27.3 Å². The summed E-state index contributed by atoms with van der Waals surface area (Å²) in [6.07, 6.45) is 2.18. The van der Waals surface area contributed by atoms with E-state index in [-0.39, 0.29) is 5.91 Å². The van der Waals surface area contributed by atoms with Crippen molar-refractivity contribution in [2.24, 2.45) is 0 Å². The average molecular weight is 365 g/mol. The first kappa shape index (κ1) is 14.6. The maximum Gasteiger partial charge on any atom is 0.253 e. The molecule has 0 atom stereocenters. The number of nitrogens with zero attached hydrogens (tertiary/aromatic N) is 1. The fourth-order valence-corrected chi connectivity index (χ4v) is 4.07. The van der Waals surface area contributed by atoms with E-state index in [1.807, 2.05) is 30.6 Å². The highest BCUT2D eigenvalue weighted by atomic mass is 79.9. The van der Waals surface area contributed by atoms with Gasteiger partial charge in [0.15, 0.2) is 0 Å². The van der Waals surface area contributed by atoms with Gasteiger partial charge in [0.25, 0.3) is 5.91 Å². The SMILES string of the molecule is CN(Cc1cc(Br)cs1)C(=O)c1ccc2c(c1)CCCN2. The summed E-state index contributed by atoms with van der Waals surface area (Å²) in [5.41, 5.74) is 3.19. The average Bonchev–Trinajstić information content (AvgIpc) is 2.91. The summed E-state index contributed by atoms with van der Waals surface area (Å²) in [5.74, 6) is 0.0768. The Balaban J connectivity index is 1.75. The molecule has 0 fully saturated rings. The standard InChI is InChI=1S/C16H17BrN2OS/c1-19(9-14-8-13(17)10-21-14)16(20)12-4-5-15-11(7-12)3-2-6-18-15/h4-5,7-8,10,18H,2-3,6,9H2,1H3. The maximum absolute atomic E-state index is 12.5. The molecule has 21 heavy (non-hydrogen) atoms. The number of hydrogen-bond acceptors (Lipinski definition) is 3. The smallest absolute Gasteiger partial charge is 0.253 e. The molecule has 0 aliphatic carbocycles. The van der Waals surface area contributed by atoms with Crippen molar-refractivity contribution >= 4 is 38.9 Å². The van der Waals surface area contributed by atoms with Gasteiger partial charge in [0, 0.05) is 39.6 Å². The highest BCUT2D eigenvalue weighted by Crippen LogP contribution is 2.24. The molecule has 3 rings (SSSR count). The third kappa shape index (κ3) is 3.30. The van der Waals surface area contributed by atoms with Gasteiger partial charge in [-0.15, -0.1) is 11.3 Å². The molecule has 3 nitrogen and oxygen atoms in total. The van der Waals surface area contributed by atoms with Crippen LogP contribution < -0.4 is 5.32 Å². The van der Waals surface area contributed by atoms with Gasteiger partial charge in [-0.3, -0.25) is 4.79 Å². The molecule has 1 N–H and O–H groups in total. The first-order valence-electron chi connectivity index (χ1n) is 6.98. The van der Waals surface area contributed by atoms with Crippen molar-refractivity contribution < 1.29 is 4.79 Å². The molecule has 1 amide bonds. The van der Waals surface area contributed by atoms with Crippen LogP contribution in [0.4, 0.5) is 5.69 Å². The number of benzene rings is 1. The summed E-state index contributed by atoms with van der Waals surface area (Å²) in [5, 5.41) is 5.41. The van der Waals surface area contributed by atoms with Crippen molar-refractivity contribution in [3.63, 3.8) is 0 Å². The Hall–Kier alpha value is -1.33. The predicted molar refractivity (Wildman–Crippen MR) is 91.1 cm³/mol. The second-order valence-electron chi connectivity index (χ2n) is 5.29. The molecule has 1 aliphatic rings. The molecular weight excluding hydrogens is 348 g/mol. The molecule has 5 heteroatoms. The van der Waals surface area contributed by atoms with E-state index in [0.717, 1.165) is 29.4 Å². The topological polar surface area (TPSA) is 32.3 Å². The predicted octanol–water partition coefficient (Wildman–Crippen LogP) is 4.14. The van der Waals surface area contributed by atoms with E-state index in [1.165, 1.54) is 16.1 Å². The Morgan fingerprint density at radius 1 is 1.43 bits per heavy atom. The second-order valence-corrected chi connectivity index (χ2v) is 7.21. The quantitative estimate of drug-likeness (QED) is 0.887. The van der Waals surface area contributed by atoms with Gasteiger partial charge in [-0.2, -0.15) is 0 Å². The van der Waals surface area contributed by atoms with Crippen molar-refractivity contribution in [1.29, 1.82) is 0 Å². The van der Waals surface area contributed by atoms with Crippen LogP contribution in [0.15, 0.2) is 34.1 Å². The monoisotopic (exact) mass is 364 g/mol. The number of anilines is 1. The number of thiophene rings is 1. The van der Waals surface area contributed by atoms with Gasteiger partial charge < -0.3 is 10.2 Å². The van der Waals surface area contributed by atoms with Crippen LogP contribution in [-0.4, -0.2) is 24.4 Å². The van der Waals surface area contributed by atoms with Crippen molar-refractivity contribution in [1.82, 2.24) is 4.90 Å². The summed E-state index contributed by atoms with van der Waals surface area (Å²) < 4.78 is 1.07. The van der Waals surface area contributed by atoms with E-state index in [2.05, 4.69) is 27.3 Å². The Morgan fingerprint density at radius 2 is 2.29 bits per heavy atom. The molecule has 0 unspecified atom stereocenters. The van der Waals surface area contributed by atoms with E-state index in [9.17, 15) is 4.79 Å². The van der Waals surface area contributed by atoms with Gasteiger partial charge in [0.05, 0.1) is 6.54 Å². The van der Waals surface area contributed by atoms with E-state index >= 15 is 0 Å². The number of halogens is 1. The molecule has 1 aromatic heterocycles. The number of amides is 1. The van der Waals surface area contributed by atoms with Crippen LogP contribution in [0.3, 0.4) is 0 Å². The molecule has 0 saturated heterocycles. The van der Waals surface area contributed by atoms with Gasteiger partial charge in [0.1, 0.15) is 0 Å². The fourth-order valence-electron chi connectivity index (χ4n) is 2.57. The number of fused-ring (bicyclic) bond motifs is 1. The lowest BCUT2D eigenvalue weighted by Gasteiger charge is -2.20. The summed E-state index contributed by atoms with van der Waals surface area (Å²) >= 11 is 5.11. The van der Waals surface area contributed by atoms with Gasteiger partial charge in [0.2, 0.25) is 0 Å². The summed E-state index contributed by atoms with van der Waals surface area (Å²) in [7, 11) is 1.85. The van der Waals surface area contributed by atoms with E-state index in [0.29, 0.717) is 6.54 Å². The molecule has 1 aromatic carbocycles. The van der Waals surface area contributed by atoms with Crippen molar-refractivity contribution in [3.05, 3.63) is 50.1 Å². The number of hydrogen-bond donors (Lipinski definition) is 1. The zero-order valence-electron chi connectivity index (χ0n) is 11.9. The van der Waals surface area contributed by atoms with Crippen LogP contribution in [-0.2, 0) is 13.0 Å². The molecule has 0 spiro atoms. The Labute approximate surface area is 137 Å². The van der Waals surface area contributed by atoms with Crippen molar-refractivity contribution in [2.75, 3.05) is 18.9 Å². The number of nitrogens with one attached hydrogen (secondary N) is 1. The molecule has 2 aromatic rings. The van der Waals surface area contributed by atoms with Crippen molar-refractivity contribution in [3.8, 4) is 0 Å². The highest BCUT2D eigenvalue weighted by molar-refractivity contribution is 9.10. The zero-order valence-corrected chi connectivity index (χ0v) is 14.3. The molecule has 110 valence electrons. The first-order valence-corrected chi connectivity index (χ1v) is 8.66. The van der Waals surface area contributed by atoms with Crippen LogP contribution in [0.2, 0.25) is 0 Å². The van der Waals surface area contributed by atoms with Crippen LogP contribution in [0.25, 0.3) is 0 Å². The fraction of sp³-hybridized carbons (Fsp3) is 0.312. The van der Waals surface area contributed by atoms with E-state index in [4.69, 9.17) is 0 Å². The zero-order chi connectivity index (χ0) is 14.8. The molecule has 2 heterocycles. The summed E-state index contributed by atoms with van der Waals surface area (Å²) in [6.45, 7) is 1.66. The molecule has 0 radical (unpaired) electrons. The minimum atomic E-state index is 0.0768. The number of rotatable bonds is 3. The maximum atomic E-state index is 12.5. The number of carbonyl (C=O) groups is 1. The molecular formula is C16H17BrN2OS. The lowest BCUT2D eigenvalue weighted by Crippen LogP contribution is -2.26. The lowest BCUT2D eigenvalue weighted by atomic mass is 10.0. The largest absolute Gasteiger partial charge is 0.385 e. The van der Waals surface area contributed by atoms with E-state index in [1.54, 1.807) is 16.2 Å².